The van der Waals surface area contributed by atoms with Gasteiger partial charge in [-0.25, -0.2) is 13.2 Å². The summed E-state index contributed by atoms with van der Waals surface area (Å²) < 4.78 is 29.5. The number of benzene rings is 1. The van der Waals surface area contributed by atoms with Crippen molar-refractivity contribution < 1.29 is 23.1 Å². The fourth-order valence-electron chi connectivity index (χ4n) is 1.84. The maximum Gasteiger partial charge on any atom is 0.335 e. The third kappa shape index (κ3) is 5.45. The van der Waals surface area contributed by atoms with Gasteiger partial charge in [0.05, 0.1) is 22.8 Å². The second-order valence-corrected chi connectivity index (χ2v) is 6.69. The van der Waals surface area contributed by atoms with Gasteiger partial charge in [0.15, 0.2) is 9.84 Å². The zero-order valence-electron chi connectivity index (χ0n) is 12.3. The van der Waals surface area contributed by atoms with Crippen molar-refractivity contribution in [1.82, 2.24) is 4.90 Å². The van der Waals surface area contributed by atoms with Crippen LogP contribution in [0, 0.1) is 0 Å². The second kappa shape index (κ2) is 8.11. The monoisotopic (exact) mass is 315 g/mol. The molecule has 6 nitrogen and oxygen atoms in total. The van der Waals surface area contributed by atoms with Crippen LogP contribution in [0.4, 0.5) is 0 Å². The van der Waals surface area contributed by atoms with Crippen molar-refractivity contribution in [1.29, 1.82) is 0 Å². The summed E-state index contributed by atoms with van der Waals surface area (Å²) in [6.07, 6.45) is 0. The summed E-state index contributed by atoms with van der Waals surface area (Å²) in [5.41, 5.74) is -0.0252. The van der Waals surface area contributed by atoms with Crippen molar-refractivity contribution in [3.05, 3.63) is 29.8 Å². The minimum atomic E-state index is -3.49. The van der Waals surface area contributed by atoms with E-state index < -0.39 is 15.8 Å². The van der Waals surface area contributed by atoms with Crippen molar-refractivity contribution in [3.63, 3.8) is 0 Å². The van der Waals surface area contributed by atoms with Crippen LogP contribution in [0.3, 0.4) is 0 Å². The molecule has 0 amide bonds. The van der Waals surface area contributed by atoms with E-state index >= 15 is 0 Å². The summed E-state index contributed by atoms with van der Waals surface area (Å²) in [6, 6.07) is 5.44. The van der Waals surface area contributed by atoms with E-state index in [9.17, 15) is 13.2 Å². The van der Waals surface area contributed by atoms with Crippen molar-refractivity contribution in [2.45, 2.75) is 11.8 Å². The number of hydrogen-bond donors (Lipinski definition) is 1. The molecule has 0 aliphatic rings. The zero-order chi connectivity index (χ0) is 15.9. The van der Waals surface area contributed by atoms with E-state index in [-0.39, 0.29) is 16.2 Å². The molecule has 0 aliphatic carbocycles. The molecule has 0 aromatic heterocycles. The fourth-order valence-corrected chi connectivity index (χ4v) is 3.16. The van der Waals surface area contributed by atoms with E-state index in [2.05, 4.69) is 0 Å². The molecule has 0 atom stereocenters. The quantitative estimate of drug-likeness (QED) is 0.735. The standard InChI is InChI=1S/C14H21NO5S/c1-3-15(7-9-20-2)8-10-21(18,19)13-6-4-5-12(11-13)14(16)17/h4-6,11H,3,7-10H2,1-2H3,(H,16,17). The van der Waals surface area contributed by atoms with Gasteiger partial charge in [-0.1, -0.05) is 13.0 Å². The van der Waals surface area contributed by atoms with Crippen molar-refractivity contribution in [2.24, 2.45) is 0 Å². The van der Waals surface area contributed by atoms with Crippen LogP contribution >= 0.6 is 0 Å². The first kappa shape index (κ1) is 17.6. The Labute approximate surface area is 125 Å². The molecular weight excluding hydrogens is 294 g/mol. The molecule has 1 N–H and O–H groups in total. The van der Waals surface area contributed by atoms with Gasteiger partial charge in [0, 0.05) is 20.2 Å². The van der Waals surface area contributed by atoms with Crippen molar-refractivity contribution in [2.75, 3.05) is 39.1 Å². The summed E-state index contributed by atoms with van der Waals surface area (Å²) in [6.45, 7) is 4.28. The molecule has 1 aromatic carbocycles. The SMILES string of the molecule is CCN(CCOC)CCS(=O)(=O)c1cccc(C(=O)O)c1. The van der Waals surface area contributed by atoms with Gasteiger partial charge in [-0.3, -0.25) is 0 Å². The molecule has 0 aliphatic heterocycles. The third-order valence-corrected chi connectivity index (χ3v) is 4.87. The van der Waals surface area contributed by atoms with Gasteiger partial charge in [-0.05, 0) is 24.7 Å². The van der Waals surface area contributed by atoms with Crippen LogP contribution in [0.5, 0.6) is 0 Å². The Morgan fingerprint density at radius 1 is 1.33 bits per heavy atom. The number of hydrogen-bond acceptors (Lipinski definition) is 5. The fraction of sp³-hybridized carbons (Fsp3) is 0.500. The Bertz CT molecular complexity index is 570. The van der Waals surface area contributed by atoms with E-state index in [1.54, 1.807) is 7.11 Å². The van der Waals surface area contributed by atoms with Crippen LogP contribution in [-0.2, 0) is 14.6 Å². The molecule has 118 valence electrons. The lowest BCUT2D eigenvalue weighted by atomic mass is 10.2. The molecule has 0 fully saturated rings. The average molecular weight is 315 g/mol. The molecule has 0 radical (unpaired) electrons. The lowest BCUT2D eigenvalue weighted by Crippen LogP contribution is -2.32. The van der Waals surface area contributed by atoms with Crippen LogP contribution in [0.1, 0.15) is 17.3 Å². The number of ether oxygens (including phenoxy) is 1. The Morgan fingerprint density at radius 2 is 2.05 bits per heavy atom. The first-order valence-corrected chi connectivity index (χ1v) is 8.33. The molecular formula is C14H21NO5S. The zero-order valence-corrected chi connectivity index (χ0v) is 13.1. The van der Waals surface area contributed by atoms with Gasteiger partial charge in [0.2, 0.25) is 0 Å². The van der Waals surface area contributed by atoms with Gasteiger partial charge in [-0.15, -0.1) is 0 Å². The summed E-state index contributed by atoms with van der Waals surface area (Å²) in [7, 11) is -1.89. The van der Waals surface area contributed by atoms with Crippen molar-refractivity contribution in [3.8, 4) is 0 Å². The molecule has 7 heteroatoms. The van der Waals surface area contributed by atoms with E-state index in [0.29, 0.717) is 19.7 Å². The lowest BCUT2D eigenvalue weighted by Gasteiger charge is -2.19. The van der Waals surface area contributed by atoms with Gasteiger partial charge in [0.25, 0.3) is 0 Å². The topological polar surface area (TPSA) is 83.9 Å². The first-order valence-electron chi connectivity index (χ1n) is 6.68. The number of carbonyl (C=O) groups is 1. The van der Waals surface area contributed by atoms with Crippen LogP contribution in [-0.4, -0.2) is 63.5 Å². The highest BCUT2D eigenvalue weighted by molar-refractivity contribution is 7.91. The van der Waals surface area contributed by atoms with Crippen LogP contribution in [0.15, 0.2) is 29.2 Å². The predicted octanol–water partition coefficient (Wildman–Crippen LogP) is 1.13. The highest BCUT2D eigenvalue weighted by Crippen LogP contribution is 2.13. The number of nitrogens with zero attached hydrogens (tertiary/aromatic N) is 1. The number of likely N-dealkylation sites (N-methyl/N-ethyl adjacent to an activating group) is 1. The molecule has 1 rings (SSSR count). The van der Waals surface area contributed by atoms with Gasteiger partial charge in [-0.2, -0.15) is 0 Å². The Hall–Kier alpha value is -1.44. The molecule has 1 aromatic rings. The summed E-state index contributed by atoms with van der Waals surface area (Å²) in [5, 5.41) is 8.91. The minimum absolute atomic E-state index is 0.0252. The van der Waals surface area contributed by atoms with Crippen LogP contribution in [0.25, 0.3) is 0 Å². The van der Waals surface area contributed by atoms with Crippen molar-refractivity contribution >= 4 is 15.8 Å². The Kier molecular flexibility index (Phi) is 6.80. The third-order valence-electron chi connectivity index (χ3n) is 3.18. The number of carboxylic acids is 1. The Morgan fingerprint density at radius 3 is 2.62 bits per heavy atom. The Balaban J connectivity index is 2.77. The van der Waals surface area contributed by atoms with E-state index in [1.165, 1.54) is 24.3 Å². The lowest BCUT2D eigenvalue weighted by molar-refractivity contribution is 0.0696. The number of aromatic carboxylic acids is 1. The number of methoxy groups -OCH3 is 1. The predicted molar refractivity (Wildman–Crippen MR) is 79.4 cm³/mol. The summed E-state index contributed by atoms with van der Waals surface area (Å²) >= 11 is 0. The average Bonchev–Trinajstić information content (AvgIpc) is 2.47. The number of carboxylic acid groups (broad SMARTS) is 1. The van der Waals surface area contributed by atoms with Crippen LogP contribution < -0.4 is 0 Å². The van der Waals surface area contributed by atoms with Gasteiger partial charge >= 0.3 is 5.97 Å². The molecule has 0 unspecified atom stereocenters. The number of sulfone groups is 1. The molecule has 0 saturated carbocycles. The van der Waals surface area contributed by atoms with Gasteiger partial charge in [0.1, 0.15) is 0 Å². The van der Waals surface area contributed by atoms with Gasteiger partial charge < -0.3 is 14.7 Å². The van der Waals surface area contributed by atoms with Crippen LogP contribution in [0.2, 0.25) is 0 Å². The maximum absolute atomic E-state index is 12.3. The first-order chi connectivity index (χ1) is 9.90. The number of rotatable bonds is 9. The highest BCUT2D eigenvalue weighted by atomic mass is 32.2. The molecule has 0 heterocycles. The molecule has 0 saturated heterocycles. The van der Waals surface area contributed by atoms with E-state index in [0.717, 1.165) is 6.54 Å². The summed E-state index contributed by atoms with van der Waals surface area (Å²) in [5.74, 6) is -1.18. The second-order valence-electron chi connectivity index (χ2n) is 4.58. The molecule has 0 bridgehead atoms. The van der Waals surface area contributed by atoms with E-state index in [4.69, 9.17) is 9.84 Å². The maximum atomic E-state index is 12.3. The normalized spacial score (nSPS) is 11.8. The molecule has 21 heavy (non-hydrogen) atoms. The minimum Gasteiger partial charge on any atom is -0.478 e. The molecule has 0 spiro atoms. The largest absolute Gasteiger partial charge is 0.478 e. The highest BCUT2D eigenvalue weighted by Gasteiger charge is 2.17. The smallest absolute Gasteiger partial charge is 0.335 e. The summed E-state index contributed by atoms with van der Waals surface area (Å²) in [4.78, 5) is 12.9. The van der Waals surface area contributed by atoms with E-state index in [1.807, 2.05) is 11.8 Å².